The van der Waals surface area contributed by atoms with Crippen LogP contribution in [0.5, 0.6) is 0 Å². The summed E-state index contributed by atoms with van der Waals surface area (Å²) >= 11 is 0. The highest BCUT2D eigenvalue weighted by Crippen LogP contribution is 2.55. The lowest BCUT2D eigenvalue weighted by Crippen LogP contribution is -2.50. The Balaban J connectivity index is 1.61. The molecule has 5 nitrogen and oxygen atoms in total. The first-order chi connectivity index (χ1) is 14.6. The van der Waals surface area contributed by atoms with Crippen LogP contribution in [0.4, 0.5) is 11.4 Å². The maximum atomic E-state index is 13.4. The molecule has 1 atom stereocenters. The summed E-state index contributed by atoms with van der Waals surface area (Å²) in [5.74, 6) is -0.412. The van der Waals surface area contributed by atoms with Gasteiger partial charge < -0.3 is 9.64 Å². The summed E-state index contributed by atoms with van der Waals surface area (Å²) < 4.78 is 4.91. The third kappa shape index (κ3) is 2.61. The Kier molecular flexibility index (Phi) is 4.42. The number of benzene rings is 2. The van der Waals surface area contributed by atoms with Crippen LogP contribution in [0.25, 0.3) is 0 Å². The zero-order valence-corrected chi connectivity index (χ0v) is 17.5. The summed E-state index contributed by atoms with van der Waals surface area (Å²) in [5, 5.41) is 0. The number of hydrogen-bond donors (Lipinski definition) is 0. The van der Waals surface area contributed by atoms with E-state index in [1.54, 1.807) is 12.1 Å². The SMILES string of the molecule is COC(=O)c1ccc2c(c1)N1C(=O)c3ccccc3C1(C)N2CCC1=CCCCC1. The monoisotopic (exact) mass is 402 g/mol. The molecule has 0 saturated carbocycles. The van der Waals surface area contributed by atoms with Crippen LogP contribution in [-0.4, -0.2) is 25.5 Å². The summed E-state index contributed by atoms with van der Waals surface area (Å²) in [6.07, 6.45) is 8.24. The van der Waals surface area contributed by atoms with Crippen LogP contribution in [0.2, 0.25) is 0 Å². The second-order valence-corrected chi connectivity index (χ2v) is 8.41. The second kappa shape index (κ2) is 7.01. The van der Waals surface area contributed by atoms with Gasteiger partial charge in [0.05, 0.1) is 24.0 Å². The summed E-state index contributed by atoms with van der Waals surface area (Å²) in [7, 11) is 1.38. The second-order valence-electron chi connectivity index (χ2n) is 8.41. The number of amides is 1. The van der Waals surface area contributed by atoms with E-state index < -0.39 is 11.6 Å². The van der Waals surface area contributed by atoms with Gasteiger partial charge >= 0.3 is 5.97 Å². The van der Waals surface area contributed by atoms with Gasteiger partial charge in [-0.3, -0.25) is 9.69 Å². The van der Waals surface area contributed by atoms with Gasteiger partial charge in [0.25, 0.3) is 5.91 Å². The van der Waals surface area contributed by atoms with Crippen molar-refractivity contribution < 1.29 is 14.3 Å². The van der Waals surface area contributed by atoms with Crippen molar-refractivity contribution in [1.82, 2.24) is 0 Å². The molecular formula is C25H26N2O3. The molecule has 2 aromatic rings. The van der Waals surface area contributed by atoms with Gasteiger partial charge in [-0.25, -0.2) is 4.79 Å². The number of carbonyl (C=O) groups is 2. The molecule has 1 amide bonds. The van der Waals surface area contributed by atoms with E-state index in [-0.39, 0.29) is 5.91 Å². The predicted octanol–water partition coefficient (Wildman–Crippen LogP) is 5.02. The van der Waals surface area contributed by atoms with Gasteiger partial charge in [0.1, 0.15) is 5.66 Å². The van der Waals surface area contributed by atoms with Gasteiger partial charge in [-0.1, -0.05) is 29.8 Å². The summed E-state index contributed by atoms with van der Waals surface area (Å²) in [5.41, 5.74) is 4.89. The number of anilines is 2. The normalized spacial score (nSPS) is 21.8. The Hall–Kier alpha value is -3.08. The third-order valence-corrected chi connectivity index (χ3v) is 6.80. The molecule has 0 N–H and O–H groups in total. The number of nitrogens with zero attached hydrogens (tertiary/aromatic N) is 2. The number of esters is 1. The van der Waals surface area contributed by atoms with E-state index in [1.165, 1.54) is 31.9 Å². The van der Waals surface area contributed by atoms with Crippen molar-refractivity contribution in [2.75, 3.05) is 23.5 Å². The topological polar surface area (TPSA) is 49.9 Å². The number of allylic oxidation sites excluding steroid dienone is 1. The molecule has 2 aliphatic heterocycles. The molecule has 2 heterocycles. The fourth-order valence-corrected chi connectivity index (χ4v) is 5.27. The van der Waals surface area contributed by atoms with Crippen molar-refractivity contribution in [3.8, 4) is 0 Å². The van der Waals surface area contributed by atoms with Crippen LogP contribution >= 0.6 is 0 Å². The molecule has 0 bridgehead atoms. The van der Waals surface area contributed by atoms with E-state index in [4.69, 9.17) is 4.74 Å². The summed E-state index contributed by atoms with van der Waals surface area (Å²) in [6, 6.07) is 13.4. The van der Waals surface area contributed by atoms with Crippen LogP contribution in [0.3, 0.4) is 0 Å². The smallest absolute Gasteiger partial charge is 0.337 e. The van der Waals surface area contributed by atoms with E-state index in [2.05, 4.69) is 17.9 Å². The standard InChI is InChI=1S/C25H26N2O3/c1-25-20-11-7-6-10-19(20)23(28)27(25)22-16-18(24(29)30-2)12-13-21(22)26(25)15-14-17-8-4-3-5-9-17/h6-8,10-13,16H,3-5,9,14-15H2,1-2H3. The number of fused-ring (bicyclic) bond motifs is 5. The average Bonchev–Trinajstić information content (AvgIpc) is 3.17. The zero-order valence-electron chi connectivity index (χ0n) is 17.5. The Morgan fingerprint density at radius 1 is 1.13 bits per heavy atom. The molecule has 1 aliphatic carbocycles. The van der Waals surface area contributed by atoms with Crippen molar-refractivity contribution >= 4 is 23.3 Å². The van der Waals surface area contributed by atoms with Gasteiger partial charge in [0.15, 0.2) is 0 Å². The molecule has 1 unspecified atom stereocenters. The fourth-order valence-electron chi connectivity index (χ4n) is 5.27. The van der Waals surface area contributed by atoms with Crippen molar-refractivity contribution in [1.29, 1.82) is 0 Å². The Morgan fingerprint density at radius 2 is 1.97 bits per heavy atom. The van der Waals surface area contributed by atoms with Gasteiger partial charge in [0, 0.05) is 17.7 Å². The first kappa shape index (κ1) is 18.9. The third-order valence-electron chi connectivity index (χ3n) is 6.80. The summed E-state index contributed by atoms with van der Waals surface area (Å²) in [6.45, 7) is 2.94. The van der Waals surface area contributed by atoms with Crippen LogP contribution in [0, 0.1) is 0 Å². The number of rotatable bonds is 4. The molecule has 0 saturated heterocycles. The number of carbonyl (C=O) groups excluding carboxylic acids is 2. The number of ether oxygens (including phenoxy) is 1. The highest BCUT2D eigenvalue weighted by atomic mass is 16.5. The van der Waals surface area contributed by atoms with Crippen molar-refractivity contribution in [3.05, 3.63) is 70.8 Å². The van der Waals surface area contributed by atoms with Crippen molar-refractivity contribution in [2.24, 2.45) is 0 Å². The van der Waals surface area contributed by atoms with Crippen LogP contribution < -0.4 is 9.80 Å². The minimum Gasteiger partial charge on any atom is -0.465 e. The van der Waals surface area contributed by atoms with Crippen LogP contribution in [0.1, 0.15) is 65.3 Å². The van der Waals surface area contributed by atoms with E-state index in [9.17, 15) is 9.59 Å². The largest absolute Gasteiger partial charge is 0.465 e. The average molecular weight is 402 g/mol. The van der Waals surface area contributed by atoms with E-state index >= 15 is 0 Å². The fraction of sp³-hybridized carbons (Fsp3) is 0.360. The van der Waals surface area contributed by atoms with Crippen LogP contribution in [-0.2, 0) is 10.4 Å². The molecular weight excluding hydrogens is 376 g/mol. The molecule has 0 radical (unpaired) electrons. The predicted molar refractivity (Wildman–Crippen MR) is 117 cm³/mol. The summed E-state index contributed by atoms with van der Waals surface area (Å²) in [4.78, 5) is 29.8. The quantitative estimate of drug-likeness (QED) is 0.532. The Bertz CT molecular complexity index is 1070. The minimum atomic E-state index is -0.597. The molecule has 30 heavy (non-hydrogen) atoms. The van der Waals surface area contributed by atoms with Crippen molar-refractivity contribution in [3.63, 3.8) is 0 Å². The highest BCUT2D eigenvalue weighted by molar-refractivity contribution is 6.16. The first-order valence-electron chi connectivity index (χ1n) is 10.7. The maximum absolute atomic E-state index is 13.4. The lowest BCUT2D eigenvalue weighted by molar-refractivity contribution is 0.0600. The molecule has 154 valence electrons. The van der Waals surface area contributed by atoms with Crippen LogP contribution in [0.15, 0.2) is 54.1 Å². The molecule has 0 fully saturated rings. The lowest BCUT2D eigenvalue weighted by atomic mass is 9.95. The van der Waals surface area contributed by atoms with E-state index in [1.807, 2.05) is 35.2 Å². The van der Waals surface area contributed by atoms with Gasteiger partial charge in [-0.05, 0) is 63.3 Å². The first-order valence-corrected chi connectivity index (χ1v) is 10.7. The highest BCUT2D eigenvalue weighted by Gasteiger charge is 2.56. The zero-order chi connectivity index (χ0) is 20.9. The number of methoxy groups -OCH3 is 1. The molecule has 5 heteroatoms. The lowest BCUT2D eigenvalue weighted by Gasteiger charge is -2.38. The Labute approximate surface area is 176 Å². The molecule has 5 rings (SSSR count). The van der Waals surface area contributed by atoms with Gasteiger partial charge in [-0.2, -0.15) is 0 Å². The molecule has 2 aromatic carbocycles. The van der Waals surface area contributed by atoms with E-state index in [0.717, 1.165) is 41.9 Å². The maximum Gasteiger partial charge on any atom is 0.337 e. The minimum absolute atomic E-state index is 0.0178. The molecule has 0 spiro atoms. The van der Waals surface area contributed by atoms with Gasteiger partial charge in [0.2, 0.25) is 0 Å². The van der Waals surface area contributed by atoms with Crippen molar-refractivity contribution in [2.45, 2.75) is 44.7 Å². The van der Waals surface area contributed by atoms with Gasteiger partial charge in [-0.15, -0.1) is 0 Å². The number of hydrogen-bond acceptors (Lipinski definition) is 4. The Morgan fingerprint density at radius 3 is 2.73 bits per heavy atom. The molecule has 3 aliphatic rings. The molecule has 0 aromatic heterocycles. The van der Waals surface area contributed by atoms with E-state index in [0.29, 0.717) is 5.56 Å².